The Morgan fingerprint density at radius 1 is 1.43 bits per heavy atom. The molecular weight excluding hydrogens is 306 g/mol. The van der Waals surface area contributed by atoms with Gasteiger partial charge in [0.2, 0.25) is 5.90 Å². The summed E-state index contributed by atoms with van der Waals surface area (Å²) < 4.78 is 11.9. The van der Waals surface area contributed by atoms with E-state index in [1.165, 1.54) is 24.2 Å². The fourth-order valence-electron chi connectivity index (χ4n) is 2.69. The highest BCUT2D eigenvalue weighted by Crippen LogP contribution is 2.34. The van der Waals surface area contributed by atoms with E-state index in [2.05, 4.69) is 9.97 Å². The molecular formula is C13H17N5O5. The first kappa shape index (κ1) is 15.6. The number of nitrogens with two attached hydrogens (primary N) is 1. The van der Waals surface area contributed by atoms with Gasteiger partial charge in [0.25, 0.3) is 0 Å². The lowest BCUT2D eigenvalue weighted by molar-refractivity contribution is -0.0508. The number of methoxy groups -OCH3 is 1. The summed E-state index contributed by atoms with van der Waals surface area (Å²) in [7, 11) is 1.35. The molecule has 1 saturated heterocycles. The van der Waals surface area contributed by atoms with Gasteiger partial charge in [0.15, 0.2) is 6.23 Å². The molecule has 124 valence electrons. The molecule has 0 amide bonds. The van der Waals surface area contributed by atoms with Crippen molar-refractivity contribution in [1.82, 2.24) is 14.5 Å². The van der Waals surface area contributed by atoms with Gasteiger partial charge in [-0.2, -0.15) is 0 Å². The Morgan fingerprint density at radius 3 is 2.78 bits per heavy atom. The number of fused-ring (bicyclic) bond motifs is 1. The average molecular weight is 323 g/mol. The van der Waals surface area contributed by atoms with Crippen LogP contribution in [-0.2, 0) is 9.47 Å². The van der Waals surface area contributed by atoms with Crippen molar-refractivity contribution in [3.63, 3.8) is 0 Å². The molecule has 0 radical (unpaired) electrons. The van der Waals surface area contributed by atoms with Gasteiger partial charge in [0.05, 0.1) is 24.7 Å². The van der Waals surface area contributed by atoms with E-state index >= 15 is 0 Å². The lowest BCUT2D eigenvalue weighted by Crippen LogP contribution is -2.33. The molecule has 0 aliphatic carbocycles. The van der Waals surface area contributed by atoms with E-state index in [1.807, 2.05) is 0 Å². The Balaban J connectivity index is 2.16. The number of nitrogens with one attached hydrogen (secondary N) is 1. The van der Waals surface area contributed by atoms with E-state index in [0.29, 0.717) is 16.6 Å². The third-order valence-electron chi connectivity index (χ3n) is 3.88. The summed E-state index contributed by atoms with van der Waals surface area (Å²) in [5.74, 6) is -0.000660. The molecule has 10 nitrogen and oxygen atoms in total. The van der Waals surface area contributed by atoms with Crippen LogP contribution in [0.25, 0.3) is 11.0 Å². The highest BCUT2D eigenvalue weighted by molar-refractivity contribution is 6.08. The van der Waals surface area contributed by atoms with Gasteiger partial charge in [-0.1, -0.05) is 0 Å². The minimum Gasteiger partial charge on any atom is -0.481 e. The summed E-state index contributed by atoms with van der Waals surface area (Å²) in [6.07, 6.45) is -1.69. The third kappa shape index (κ3) is 2.32. The molecule has 23 heavy (non-hydrogen) atoms. The Labute approximate surface area is 130 Å². The van der Waals surface area contributed by atoms with Crippen LogP contribution in [0, 0.1) is 5.41 Å². The van der Waals surface area contributed by atoms with Crippen molar-refractivity contribution >= 4 is 22.7 Å². The van der Waals surface area contributed by atoms with E-state index < -0.39 is 31.1 Å². The van der Waals surface area contributed by atoms with Gasteiger partial charge in [0.1, 0.15) is 36.1 Å². The average Bonchev–Trinajstić information content (AvgIpc) is 3.07. The molecule has 4 atom stereocenters. The summed E-state index contributed by atoms with van der Waals surface area (Å²) in [6, 6.07) is 0. The second kappa shape index (κ2) is 5.74. The van der Waals surface area contributed by atoms with Crippen molar-refractivity contribution in [3.8, 4) is 0 Å². The lowest BCUT2D eigenvalue weighted by atomic mass is 10.1. The highest BCUT2D eigenvalue weighted by atomic mass is 16.6. The van der Waals surface area contributed by atoms with Crippen molar-refractivity contribution < 1.29 is 24.8 Å². The van der Waals surface area contributed by atoms with Crippen molar-refractivity contribution in [2.75, 3.05) is 19.5 Å². The van der Waals surface area contributed by atoms with Crippen LogP contribution in [-0.4, -0.2) is 67.8 Å². The van der Waals surface area contributed by atoms with Crippen LogP contribution in [0.3, 0.4) is 0 Å². The molecule has 0 saturated carbocycles. The second-order valence-corrected chi connectivity index (χ2v) is 5.17. The second-order valence-electron chi connectivity index (χ2n) is 5.17. The smallest absolute Gasteiger partial charge is 0.215 e. The van der Waals surface area contributed by atoms with Gasteiger partial charge in [-0.15, -0.1) is 0 Å². The summed E-state index contributed by atoms with van der Waals surface area (Å²) in [5.41, 5.74) is 6.52. The Bertz CT molecular complexity index is 748. The van der Waals surface area contributed by atoms with Crippen LogP contribution >= 0.6 is 0 Å². The van der Waals surface area contributed by atoms with E-state index in [9.17, 15) is 15.3 Å². The first-order valence-electron chi connectivity index (χ1n) is 6.86. The van der Waals surface area contributed by atoms with E-state index in [1.54, 1.807) is 0 Å². The number of anilines is 1. The Hall–Kier alpha value is -2.27. The summed E-state index contributed by atoms with van der Waals surface area (Å²) in [6.45, 7) is -0.439. The predicted octanol–water partition coefficient (Wildman–Crippen LogP) is -1.40. The minimum atomic E-state index is -1.27. The van der Waals surface area contributed by atoms with Crippen LogP contribution in [0.2, 0.25) is 0 Å². The van der Waals surface area contributed by atoms with Crippen LogP contribution < -0.4 is 5.73 Å². The van der Waals surface area contributed by atoms with Crippen LogP contribution in [0.15, 0.2) is 12.5 Å². The highest BCUT2D eigenvalue weighted by Gasteiger charge is 2.44. The fraction of sp³-hybridized carbons (Fsp3) is 0.462. The normalized spacial score (nSPS) is 27.5. The third-order valence-corrected chi connectivity index (χ3v) is 3.88. The quantitative estimate of drug-likeness (QED) is 0.340. The molecule has 3 heterocycles. The zero-order chi connectivity index (χ0) is 16.7. The monoisotopic (exact) mass is 323 g/mol. The van der Waals surface area contributed by atoms with Gasteiger partial charge in [-0.3, -0.25) is 5.41 Å². The van der Waals surface area contributed by atoms with Gasteiger partial charge < -0.3 is 35.1 Å². The van der Waals surface area contributed by atoms with E-state index in [-0.39, 0.29) is 11.7 Å². The molecule has 1 fully saturated rings. The standard InChI is InChI=1S/C13H17N5O5/c1-22-11(15)5-2-18(12-7(5)10(14)16-4-17-12)13-9(21)8(20)6(3-19)23-13/h2,4,6,8-9,13,15,19-21H,3H2,1H3,(H2,14,16,17)/t6-,8-,9-,13-/m1/s1. The van der Waals surface area contributed by atoms with Crippen molar-refractivity contribution in [1.29, 1.82) is 5.41 Å². The Kier molecular flexibility index (Phi) is 3.90. The number of rotatable bonds is 3. The Morgan fingerprint density at radius 2 is 2.17 bits per heavy atom. The minimum absolute atomic E-state index is 0.150. The molecule has 6 N–H and O–H groups in total. The number of hydrogen-bond acceptors (Lipinski definition) is 9. The van der Waals surface area contributed by atoms with E-state index in [0.717, 1.165) is 0 Å². The van der Waals surface area contributed by atoms with Crippen LogP contribution in [0.1, 0.15) is 11.8 Å². The number of ether oxygens (including phenoxy) is 2. The zero-order valence-corrected chi connectivity index (χ0v) is 12.2. The molecule has 0 spiro atoms. The number of hydrogen-bond donors (Lipinski definition) is 5. The maximum absolute atomic E-state index is 10.2. The molecule has 1 aliphatic heterocycles. The molecule has 0 bridgehead atoms. The fourth-order valence-corrected chi connectivity index (χ4v) is 2.69. The van der Waals surface area contributed by atoms with E-state index in [4.69, 9.17) is 20.6 Å². The number of nitrogen functional groups attached to an aromatic ring is 1. The zero-order valence-electron chi connectivity index (χ0n) is 12.2. The number of aliphatic hydroxyl groups excluding tert-OH is 3. The number of aliphatic hydroxyl groups is 3. The van der Waals surface area contributed by atoms with Gasteiger partial charge in [0, 0.05) is 6.20 Å². The largest absolute Gasteiger partial charge is 0.481 e. The van der Waals surface area contributed by atoms with Crippen molar-refractivity contribution in [3.05, 3.63) is 18.1 Å². The lowest BCUT2D eigenvalue weighted by Gasteiger charge is -2.17. The summed E-state index contributed by atoms with van der Waals surface area (Å²) >= 11 is 0. The molecule has 0 aromatic carbocycles. The van der Waals surface area contributed by atoms with Crippen molar-refractivity contribution in [2.24, 2.45) is 0 Å². The predicted molar refractivity (Wildman–Crippen MR) is 78.8 cm³/mol. The topological polar surface area (TPSA) is 160 Å². The van der Waals surface area contributed by atoms with Gasteiger partial charge in [-0.05, 0) is 0 Å². The van der Waals surface area contributed by atoms with Crippen LogP contribution in [0.5, 0.6) is 0 Å². The molecule has 10 heteroatoms. The maximum atomic E-state index is 10.2. The summed E-state index contributed by atoms with van der Waals surface area (Å²) in [4.78, 5) is 8.02. The molecule has 2 aromatic rings. The van der Waals surface area contributed by atoms with Crippen LogP contribution in [0.4, 0.5) is 5.82 Å². The first-order valence-corrected chi connectivity index (χ1v) is 6.86. The molecule has 3 rings (SSSR count). The number of aromatic nitrogens is 3. The SMILES string of the molecule is COC(=N)c1cn([C@@H]2O[C@H](CO)[C@@H](O)[C@H]2O)c2ncnc(N)c12. The first-order chi connectivity index (χ1) is 11.0. The molecule has 1 aliphatic rings. The molecule has 2 aromatic heterocycles. The molecule has 0 unspecified atom stereocenters. The van der Waals surface area contributed by atoms with Gasteiger partial charge >= 0.3 is 0 Å². The van der Waals surface area contributed by atoms with Crippen molar-refractivity contribution in [2.45, 2.75) is 24.5 Å². The van der Waals surface area contributed by atoms with Gasteiger partial charge in [-0.25, -0.2) is 9.97 Å². The summed E-state index contributed by atoms with van der Waals surface area (Å²) in [5, 5.41) is 37.5. The maximum Gasteiger partial charge on any atom is 0.215 e. The number of nitrogens with zero attached hydrogens (tertiary/aromatic N) is 3.